The lowest BCUT2D eigenvalue weighted by molar-refractivity contribution is 1.40. The minimum atomic E-state index is 1.06. The highest BCUT2D eigenvalue weighted by Crippen LogP contribution is 2.37. The molecule has 0 spiro atoms. The van der Waals surface area contributed by atoms with Crippen molar-refractivity contribution in [2.24, 2.45) is 0 Å². The van der Waals surface area contributed by atoms with Crippen LogP contribution in [-0.4, -0.2) is 9.97 Å². The van der Waals surface area contributed by atoms with E-state index in [9.17, 15) is 0 Å². The van der Waals surface area contributed by atoms with E-state index < -0.39 is 0 Å². The summed E-state index contributed by atoms with van der Waals surface area (Å²) in [7, 11) is 0. The minimum absolute atomic E-state index is 1.06. The van der Waals surface area contributed by atoms with Gasteiger partial charge in [-0.05, 0) is 11.4 Å². The molecule has 0 bridgehead atoms. The number of hydrogen-bond donors (Lipinski definition) is 0. The average Bonchev–Trinajstić information content (AvgIpc) is 3.01. The van der Waals surface area contributed by atoms with Gasteiger partial charge in [0.15, 0.2) is 0 Å². The SMILES string of the molecule is c1csc(-c2ncsc2-c2nccs2)c1. The van der Waals surface area contributed by atoms with Gasteiger partial charge < -0.3 is 0 Å². The molecule has 0 atom stereocenters. The molecule has 15 heavy (non-hydrogen) atoms. The molecule has 3 heterocycles. The van der Waals surface area contributed by atoms with Crippen LogP contribution in [0.3, 0.4) is 0 Å². The topological polar surface area (TPSA) is 25.8 Å². The van der Waals surface area contributed by atoms with E-state index in [0.29, 0.717) is 0 Å². The van der Waals surface area contributed by atoms with E-state index >= 15 is 0 Å². The largest absolute Gasteiger partial charge is 0.244 e. The zero-order valence-corrected chi connectivity index (χ0v) is 10.0. The molecule has 3 rings (SSSR count). The first kappa shape index (κ1) is 9.21. The molecule has 0 aliphatic heterocycles. The molecule has 2 nitrogen and oxygen atoms in total. The van der Waals surface area contributed by atoms with Crippen molar-refractivity contribution in [3.05, 3.63) is 34.6 Å². The van der Waals surface area contributed by atoms with Gasteiger partial charge in [0, 0.05) is 11.6 Å². The van der Waals surface area contributed by atoms with E-state index in [1.807, 2.05) is 23.2 Å². The van der Waals surface area contributed by atoms with Gasteiger partial charge in [-0.2, -0.15) is 0 Å². The highest BCUT2D eigenvalue weighted by atomic mass is 32.1. The molecule has 0 N–H and O–H groups in total. The van der Waals surface area contributed by atoms with Crippen molar-refractivity contribution in [3.8, 4) is 20.5 Å². The van der Waals surface area contributed by atoms with Gasteiger partial charge in [-0.15, -0.1) is 34.0 Å². The molecule has 3 aromatic heterocycles. The van der Waals surface area contributed by atoms with Crippen molar-refractivity contribution in [2.75, 3.05) is 0 Å². The van der Waals surface area contributed by atoms with Crippen molar-refractivity contribution >= 4 is 34.0 Å². The Morgan fingerprint density at radius 3 is 2.73 bits per heavy atom. The van der Waals surface area contributed by atoms with Crippen LogP contribution in [0.15, 0.2) is 34.6 Å². The molecule has 0 saturated heterocycles. The number of nitrogens with zero attached hydrogens (tertiary/aromatic N) is 2. The van der Waals surface area contributed by atoms with Gasteiger partial charge in [0.05, 0.1) is 15.3 Å². The predicted molar refractivity (Wildman–Crippen MR) is 66.5 cm³/mol. The summed E-state index contributed by atoms with van der Waals surface area (Å²) < 4.78 is 0. The van der Waals surface area contributed by atoms with Crippen molar-refractivity contribution in [1.82, 2.24) is 9.97 Å². The summed E-state index contributed by atoms with van der Waals surface area (Å²) in [6.07, 6.45) is 1.83. The van der Waals surface area contributed by atoms with Crippen molar-refractivity contribution in [2.45, 2.75) is 0 Å². The molecule has 0 unspecified atom stereocenters. The number of aromatic nitrogens is 2. The molecule has 0 aromatic carbocycles. The van der Waals surface area contributed by atoms with E-state index in [1.165, 1.54) is 9.75 Å². The number of rotatable bonds is 2. The lowest BCUT2D eigenvalue weighted by atomic mass is 10.3. The average molecular weight is 250 g/mol. The Hall–Kier alpha value is -1.04. The maximum absolute atomic E-state index is 4.41. The summed E-state index contributed by atoms with van der Waals surface area (Å²) in [6, 6.07) is 4.14. The van der Waals surface area contributed by atoms with Crippen LogP contribution in [0.5, 0.6) is 0 Å². The second-order valence-electron chi connectivity index (χ2n) is 2.84. The summed E-state index contributed by atoms with van der Waals surface area (Å²) in [4.78, 5) is 11.1. The fourth-order valence-electron chi connectivity index (χ4n) is 1.32. The third kappa shape index (κ3) is 1.62. The zero-order valence-electron chi connectivity index (χ0n) is 7.58. The second kappa shape index (κ2) is 3.84. The van der Waals surface area contributed by atoms with E-state index in [0.717, 1.165) is 10.7 Å². The molecule has 0 aliphatic carbocycles. The summed E-state index contributed by atoms with van der Waals surface area (Å²) in [5, 5.41) is 5.12. The van der Waals surface area contributed by atoms with Crippen LogP contribution in [0.4, 0.5) is 0 Å². The quantitative estimate of drug-likeness (QED) is 0.687. The monoisotopic (exact) mass is 250 g/mol. The van der Waals surface area contributed by atoms with Crippen LogP contribution >= 0.6 is 34.0 Å². The first-order valence-corrected chi connectivity index (χ1v) is 6.96. The van der Waals surface area contributed by atoms with Crippen LogP contribution < -0.4 is 0 Å². The second-order valence-corrected chi connectivity index (χ2v) is 5.54. The van der Waals surface area contributed by atoms with Crippen LogP contribution in [0.2, 0.25) is 0 Å². The van der Waals surface area contributed by atoms with Crippen LogP contribution in [0, 0.1) is 0 Å². The maximum Gasteiger partial charge on any atom is 0.135 e. The minimum Gasteiger partial charge on any atom is -0.244 e. The summed E-state index contributed by atoms with van der Waals surface area (Å²) in [5.74, 6) is 0. The van der Waals surface area contributed by atoms with Crippen LogP contribution in [-0.2, 0) is 0 Å². The third-order valence-electron chi connectivity index (χ3n) is 1.95. The molecule has 5 heteroatoms. The first-order valence-electron chi connectivity index (χ1n) is 4.32. The van der Waals surface area contributed by atoms with E-state index in [1.54, 1.807) is 34.0 Å². The molecule has 74 valence electrons. The van der Waals surface area contributed by atoms with Crippen molar-refractivity contribution in [3.63, 3.8) is 0 Å². The number of thiophene rings is 1. The summed E-state index contributed by atoms with van der Waals surface area (Å²) in [5.41, 5.74) is 2.94. The molecule has 3 aromatic rings. The zero-order chi connectivity index (χ0) is 10.1. The highest BCUT2D eigenvalue weighted by molar-refractivity contribution is 7.21. The molecule has 0 radical (unpaired) electrons. The Labute approximate surface area is 98.9 Å². The Morgan fingerprint density at radius 2 is 2.00 bits per heavy atom. The van der Waals surface area contributed by atoms with E-state index in [2.05, 4.69) is 21.4 Å². The van der Waals surface area contributed by atoms with E-state index in [4.69, 9.17) is 0 Å². The van der Waals surface area contributed by atoms with Gasteiger partial charge in [0.25, 0.3) is 0 Å². The molecular formula is C10H6N2S3. The molecular weight excluding hydrogens is 244 g/mol. The van der Waals surface area contributed by atoms with Gasteiger partial charge in [0.2, 0.25) is 0 Å². The summed E-state index contributed by atoms with van der Waals surface area (Å²) >= 11 is 5.02. The van der Waals surface area contributed by atoms with Crippen molar-refractivity contribution in [1.29, 1.82) is 0 Å². The van der Waals surface area contributed by atoms with Crippen LogP contribution in [0.25, 0.3) is 20.5 Å². The number of hydrogen-bond acceptors (Lipinski definition) is 5. The maximum atomic E-state index is 4.41. The third-order valence-corrected chi connectivity index (χ3v) is 4.58. The van der Waals surface area contributed by atoms with Gasteiger partial charge in [-0.25, -0.2) is 9.97 Å². The van der Waals surface area contributed by atoms with E-state index in [-0.39, 0.29) is 0 Å². The van der Waals surface area contributed by atoms with Gasteiger partial charge in [-0.3, -0.25) is 0 Å². The lowest BCUT2D eigenvalue weighted by Gasteiger charge is -1.94. The molecule has 0 aliphatic rings. The van der Waals surface area contributed by atoms with Gasteiger partial charge in [0.1, 0.15) is 10.7 Å². The van der Waals surface area contributed by atoms with Crippen LogP contribution in [0.1, 0.15) is 0 Å². The summed E-state index contributed by atoms with van der Waals surface area (Å²) in [6.45, 7) is 0. The van der Waals surface area contributed by atoms with Gasteiger partial charge in [-0.1, -0.05) is 6.07 Å². The fraction of sp³-hybridized carbons (Fsp3) is 0. The Kier molecular flexibility index (Phi) is 2.36. The number of thiazole rings is 2. The normalized spacial score (nSPS) is 10.7. The molecule has 0 amide bonds. The fourth-order valence-corrected chi connectivity index (χ4v) is 3.67. The lowest BCUT2D eigenvalue weighted by Crippen LogP contribution is -1.76. The molecule has 0 fully saturated rings. The Bertz CT molecular complexity index is 488. The Balaban J connectivity index is 2.15. The van der Waals surface area contributed by atoms with Crippen molar-refractivity contribution < 1.29 is 0 Å². The van der Waals surface area contributed by atoms with Gasteiger partial charge >= 0.3 is 0 Å². The highest BCUT2D eigenvalue weighted by Gasteiger charge is 2.12. The predicted octanol–water partition coefficient (Wildman–Crippen LogP) is 4.00. The Morgan fingerprint density at radius 1 is 1.00 bits per heavy atom. The molecule has 0 saturated carbocycles. The standard InChI is InChI=1S/C10H6N2S3/c1-2-7(13-4-1)8-9(15-6-12-8)10-11-3-5-14-10/h1-6H. The first-order chi connectivity index (χ1) is 7.45. The smallest absolute Gasteiger partial charge is 0.135 e.